The zero-order chi connectivity index (χ0) is 16.7. The smallest absolute Gasteiger partial charge is 0.164 e. The van der Waals surface area contributed by atoms with Gasteiger partial charge in [-0.2, -0.15) is 5.10 Å². The Bertz CT molecular complexity index is 1030. The molecule has 0 amide bonds. The van der Waals surface area contributed by atoms with Crippen molar-refractivity contribution in [2.75, 3.05) is 5.73 Å². The van der Waals surface area contributed by atoms with Gasteiger partial charge in [-0.3, -0.25) is 0 Å². The van der Waals surface area contributed by atoms with Crippen molar-refractivity contribution in [2.45, 2.75) is 29.8 Å². The molecule has 4 rings (SSSR count). The van der Waals surface area contributed by atoms with Crippen LogP contribution in [0.25, 0.3) is 21.8 Å². The first-order valence-electron chi connectivity index (χ1n) is 7.79. The number of nitrogens with two attached hydrogens (primary N) is 1. The zero-order valence-electron chi connectivity index (χ0n) is 13.5. The minimum Gasteiger partial charge on any atom is -0.383 e. The van der Waals surface area contributed by atoms with E-state index in [0.717, 1.165) is 21.0 Å². The molecule has 2 heterocycles. The summed E-state index contributed by atoms with van der Waals surface area (Å²) in [6.45, 7) is 4.16. The predicted molar refractivity (Wildman–Crippen MR) is 98.2 cm³/mol. The fourth-order valence-corrected chi connectivity index (χ4v) is 3.86. The Labute approximate surface area is 143 Å². The van der Waals surface area contributed by atoms with E-state index in [9.17, 15) is 0 Å². The molecule has 0 spiro atoms. The quantitative estimate of drug-likeness (QED) is 0.604. The summed E-state index contributed by atoms with van der Waals surface area (Å²) >= 11 is 1.61. The Morgan fingerprint density at radius 2 is 1.83 bits per heavy atom. The Balaban J connectivity index is 1.91. The molecule has 2 aromatic heterocycles. The largest absolute Gasteiger partial charge is 0.383 e. The third kappa shape index (κ3) is 2.39. The highest BCUT2D eigenvalue weighted by molar-refractivity contribution is 7.99. The van der Waals surface area contributed by atoms with Gasteiger partial charge in [0.25, 0.3) is 0 Å². The summed E-state index contributed by atoms with van der Waals surface area (Å²) in [5.74, 6) is 0.467. The molecular weight excluding hydrogens is 318 g/mol. The van der Waals surface area contributed by atoms with Gasteiger partial charge in [0.2, 0.25) is 0 Å². The van der Waals surface area contributed by atoms with Crippen molar-refractivity contribution in [3.8, 4) is 0 Å². The molecule has 0 atom stereocenters. The van der Waals surface area contributed by atoms with E-state index in [0.29, 0.717) is 5.82 Å². The molecule has 0 fully saturated rings. The molecule has 6 heteroatoms. The van der Waals surface area contributed by atoms with E-state index in [-0.39, 0.29) is 6.04 Å². The molecule has 120 valence electrons. The van der Waals surface area contributed by atoms with E-state index in [1.807, 2.05) is 10.7 Å². The van der Waals surface area contributed by atoms with Gasteiger partial charge in [-0.25, -0.2) is 14.6 Å². The van der Waals surface area contributed by atoms with Crippen LogP contribution in [0, 0.1) is 0 Å². The second kappa shape index (κ2) is 5.79. The summed E-state index contributed by atoms with van der Waals surface area (Å²) in [5, 5.41) is 8.82. The van der Waals surface area contributed by atoms with E-state index in [4.69, 9.17) is 10.8 Å². The number of anilines is 1. The van der Waals surface area contributed by atoms with Gasteiger partial charge < -0.3 is 5.73 Å². The van der Waals surface area contributed by atoms with Gasteiger partial charge in [0.1, 0.15) is 17.2 Å². The van der Waals surface area contributed by atoms with Crippen LogP contribution in [0.5, 0.6) is 0 Å². The average Bonchev–Trinajstić information content (AvgIpc) is 2.95. The van der Waals surface area contributed by atoms with Gasteiger partial charge >= 0.3 is 0 Å². The summed E-state index contributed by atoms with van der Waals surface area (Å²) in [6.07, 6.45) is 1.49. The highest BCUT2D eigenvalue weighted by atomic mass is 32.2. The zero-order valence-corrected chi connectivity index (χ0v) is 14.3. The predicted octanol–water partition coefficient (Wildman–Crippen LogP) is 4.29. The number of fused-ring (bicyclic) bond motifs is 2. The van der Waals surface area contributed by atoms with Gasteiger partial charge in [0.15, 0.2) is 5.65 Å². The van der Waals surface area contributed by atoms with Gasteiger partial charge in [-0.1, -0.05) is 48.2 Å². The normalized spacial score (nSPS) is 11.6. The number of hydrogen-bond acceptors (Lipinski definition) is 5. The maximum absolute atomic E-state index is 6.12. The lowest BCUT2D eigenvalue weighted by molar-refractivity contribution is 0.535. The third-order valence-corrected chi connectivity index (χ3v) is 4.99. The van der Waals surface area contributed by atoms with Crippen LogP contribution in [0.4, 0.5) is 5.82 Å². The SMILES string of the molecule is CC(C)n1nc(Sc2cccc3ccccc23)c2c(N)ncnc21. The molecule has 0 saturated carbocycles. The molecule has 0 saturated heterocycles. The van der Waals surface area contributed by atoms with Crippen LogP contribution < -0.4 is 5.73 Å². The Morgan fingerprint density at radius 1 is 1.04 bits per heavy atom. The summed E-state index contributed by atoms with van der Waals surface area (Å²) in [6, 6.07) is 14.8. The molecule has 2 N–H and O–H groups in total. The summed E-state index contributed by atoms with van der Waals surface area (Å²) in [4.78, 5) is 9.67. The van der Waals surface area contributed by atoms with Crippen molar-refractivity contribution in [1.29, 1.82) is 0 Å². The summed E-state index contributed by atoms with van der Waals surface area (Å²) in [5.41, 5.74) is 6.90. The van der Waals surface area contributed by atoms with Crippen LogP contribution in [-0.4, -0.2) is 19.7 Å². The summed E-state index contributed by atoms with van der Waals surface area (Å²) in [7, 11) is 0. The maximum Gasteiger partial charge on any atom is 0.164 e. The molecule has 2 aromatic carbocycles. The van der Waals surface area contributed by atoms with Crippen LogP contribution in [0.15, 0.2) is 58.7 Å². The standard InChI is InChI=1S/C18H17N5S/c1-11(2)23-17-15(16(19)20-10-21-17)18(22-23)24-14-9-5-7-12-6-3-4-8-13(12)14/h3-11H,1-2H3,(H2,19,20,21). The number of nitrogen functional groups attached to an aromatic ring is 1. The monoisotopic (exact) mass is 335 g/mol. The molecule has 5 nitrogen and oxygen atoms in total. The van der Waals surface area contributed by atoms with E-state index >= 15 is 0 Å². The van der Waals surface area contributed by atoms with E-state index in [1.165, 1.54) is 17.1 Å². The lowest BCUT2D eigenvalue weighted by atomic mass is 10.1. The first-order valence-corrected chi connectivity index (χ1v) is 8.61. The molecule has 0 aliphatic rings. The van der Waals surface area contributed by atoms with Crippen LogP contribution in [0.1, 0.15) is 19.9 Å². The highest BCUT2D eigenvalue weighted by Gasteiger charge is 2.18. The maximum atomic E-state index is 6.12. The lowest BCUT2D eigenvalue weighted by Gasteiger charge is -2.05. The van der Waals surface area contributed by atoms with Gasteiger partial charge in [-0.15, -0.1) is 0 Å². The van der Waals surface area contributed by atoms with E-state index in [2.05, 4.69) is 60.2 Å². The lowest BCUT2D eigenvalue weighted by Crippen LogP contribution is -2.04. The van der Waals surface area contributed by atoms with Crippen molar-refractivity contribution in [2.24, 2.45) is 0 Å². The first kappa shape index (κ1) is 15.0. The number of aromatic nitrogens is 4. The number of nitrogens with zero attached hydrogens (tertiary/aromatic N) is 4. The molecule has 24 heavy (non-hydrogen) atoms. The van der Waals surface area contributed by atoms with Crippen molar-refractivity contribution in [3.63, 3.8) is 0 Å². The molecule has 0 aliphatic heterocycles. The number of benzene rings is 2. The van der Waals surface area contributed by atoms with Crippen LogP contribution >= 0.6 is 11.8 Å². The van der Waals surface area contributed by atoms with Gasteiger partial charge in [0, 0.05) is 10.9 Å². The van der Waals surface area contributed by atoms with Crippen LogP contribution in [-0.2, 0) is 0 Å². The molecule has 0 bridgehead atoms. The van der Waals surface area contributed by atoms with Crippen molar-refractivity contribution in [1.82, 2.24) is 19.7 Å². The number of hydrogen-bond donors (Lipinski definition) is 1. The highest BCUT2D eigenvalue weighted by Crippen LogP contribution is 2.38. The average molecular weight is 335 g/mol. The molecule has 0 radical (unpaired) electrons. The van der Waals surface area contributed by atoms with Crippen LogP contribution in [0.3, 0.4) is 0 Å². The topological polar surface area (TPSA) is 69.6 Å². The molecular formula is C18H17N5S. The third-order valence-electron chi connectivity index (χ3n) is 3.93. The fourth-order valence-electron chi connectivity index (χ4n) is 2.78. The van der Waals surface area contributed by atoms with Gasteiger partial charge in [-0.05, 0) is 30.7 Å². The van der Waals surface area contributed by atoms with Crippen molar-refractivity contribution < 1.29 is 0 Å². The number of rotatable bonds is 3. The first-order chi connectivity index (χ1) is 11.6. The minimum absolute atomic E-state index is 0.198. The Hall–Kier alpha value is -2.60. The Morgan fingerprint density at radius 3 is 2.67 bits per heavy atom. The second-order valence-electron chi connectivity index (χ2n) is 5.88. The minimum atomic E-state index is 0.198. The molecule has 0 aliphatic carbocycles. The second-order valence-corrected chi connectivity index (χ2v) is 6.91. The van der Waals surface area contributed by atoms with Gasteiger partial charge in [0.05, 0.1) is 5.39 Å². The Kier molecular flexibility index (Phi) is 3.61. The van der Waals surface area contributed by atoms with Crippen molar-refractivity contribution in [3.05, 3.63) is 48.8 Å². The molecule has 0 unspecified atom stereocenters. The molecule has 4 aromatic rings. The van der Waals surface area contributed by atoms with E-state index in [1.54, 1.807) is 11.8 Å². The van der Waals surface area contributed by atoms with Crippen LogP contribution in [0.2, 0.25) is 0 Å². The fraction of sp³-hybridized carbons (Fsp3) is 0.167. The summed E-state index contributed by atoms with van der Waals surface area (Å²) < 4.78 is 1.90. The van der Waals surface area contributed by atoms with Crippen molar-refractivity contribution >= 4 is 39.4 Å². The van der Waals surface area contributed by atoms with E-state index < -0.39 is 0 Å².